The first-order chi connectivity index (χ1) is 7.79. The Morgan fingerprint density at radius 3 is 3.12 bits per heavy atom. The number of hydrogen-bond acceptors (Lipinski definition) is 1. The number of H-pyrrole nitrogens is 1. The van der Waals surface area contributed by atoms with Gasteiger partial charge in [-0.25, -0.2) is 0 Å². The molecule has 0 saturated heterocycles. The van der Waals surface area contributed by atoms with Crippen molar-refractivity contribution in [3.05, 3.63) is 34.5 Å². The first kappa shape index (κ1) is 9.74. The van der Waals surface area contributed by atoms with Crippen molar-refractivity contribution in [3.8, 4) is 6.07 Å². The van der Waals surface area contributed by atoms with Crippen LogP contribution in [0.5, 0.6) is 0 Å². The third-order valence-electron chi connectivity index (χ3n) is 3.33. The Morgan fingerprint density at radius 2 is 2.31 bits per heavy atom. The predicted molar refractivity (Wildman–Crippen MR) is 64.6 cm³/mol. The van der Waals surface area contributed by atoms with Gasteiger partial charge in [0.2, 0.25) is 0 Å². The molecule has 1 aromatic carbocycles. The lowest BCUT2D eigenvalue weighted by Crippen LogP contribution is -2.06. The van der Waals surface area contributed by atoms with Crippen LogP contribution in [0.25, 0.3) is 10.9 Å². The van der Waals surface area contributed by atoms with Crippen LogP contribution in [0.4, 0.5) is 0 Å². The molecule has 0 spiro atoms. The number of aromatic amines is 1. The van der Waals surface area contributed by atoms with Crippen LogP contribution in [0, 0.1) is 11.3 Å². The molecule has 0 fully saturated rings. The van der Waals surface area contributed by atoms with E-state index in [2.05, 4.69) is 11.1 Å². The van der Waals surface area contributed by atoms with Crippen LogP contribution in [0.1, 0.15) is 30.0 Å². The lowest BCUT2D eigenvalue weighted by molar-refractivity contribution is 0.629. The molecule has 0 aliphatic heterocycles. The van der Waals surface area contributed by atoms with E-state index in [1.807, 2.05) is 18.2 Å². The summed E-state index contributed by atoms with van der Waals surface area (Å²) in [6, 6.07) is 8.24. The van der Waals surface area contributed by atoms with Crippen LogP contribution in [0.15, 0.2) is 18.2 Å². The van der Waals surface area contributed by atoms with Gasteiger partial charge in [0.1, 0.15) is 0 Å². The van der Waals surface area contributed by atoms with Crippen molar-refractivity contribution in [3.63, 3.8) is 0 Å². The molecule has 1 aliphatic carbocycles. The Kier molecular flexibility index (Phi) is 2.15. The largest absolute Gasteiger partial charge is 0.357 e. The molecule has 1 heterocycles. The molecule has 0 radical (unpaired) electrons. The number of nitriles is 1. The maximum atomic E-state index is 9.12. The normalized spacial score (nSPS) is 19.4. The lowest BCUT2D eigenvalue weighted by atomic mass is 9.88. The highest BCUT2D eigenvalue weighted by atomic mass is 35.5. The molecule has 1 atom stereocenters. The van der Waals surface area contributed by atoms with Crippen molar-refractivity contribution in [2.45, 2.75) is 25.2 Å². The van der Waals surface area contributed by atoms with Gasteiger partial charge in [0.25, 0.3) is 0 Å². The number of nitrogens with zero attached hydrogens (tertiary/aromatic N) is 1. The Bertz CT molecular complexity index is 592. The molecule has 2 aromatic rings. The van der Waals surface area contributed by atoms with Crippen LogP contribution in [0.3, 0.4) is 0 Å². The van der Waals surface area contributed by atoms with Crippen molar-refractivity contribution >= 4 is 22.5 Å². The second kappa shape index (κ2) is 3.54. The first-order valence-corrected chi connectivity index (χ1v) is 5.87. The summed E-state index contributed by atoms with van der Waals surface area (Å²) in [5.41, 5.74) is 3.48. The summed E-state index contributed by atoms with van der Waals surface area (Å²) >= 11 is 6.01. The molecular weight excluding hydrogens is 220 g/mol. The van der Waals surface area contributed by atoms with Crippen molar-refractivity contribution in [1.29, 1.82) is 5.26 Å². The molecule has 80 valence electrons. The van der Waals surface area contributed by atoms with Gasteiger partial charge >= 0.3 is 0 Å². The average molecular weight is 231 g/mol. The Balaban J connectivity index is 2.30. The fourth-order valence-electron chi connectivity index (χ4n) is 2.56. The number of rotatable bonds is 0. The molecule has 1 aromatic heterocycles. The summed E-state index contributed by atoms with van der Waals surface area (Å²) in [5, 5.41) is 11.1. The maximum Gasteiger partial charge on any atom is 0.0865 e. The number of hydrogen-bond donors (Lipinski definition) is 1. The van der Waals surface area contributed by atoms with Gasteiger partial charge in [-0.3, -0.25) is 0 Å². The third-order valence-corrected chi connectivity index (χ3v) is 3.56. The van der Waals surface area contributed by atoms with Crippen LogP contribution >= 0.6 is 11.6 Å². The van der Waals surface area contributed by atoms with Gasteiger partial charge in [0, 0.05) is 21.6 Å². The molecule has 0 amide bonds. The van der Waals surface area contributed by atoms with Crippen LogP contribution in [0.2, 0.25) is 5.02 Å². The highest BCUT2D eigenvalue weighted by Gasteiger charge is 2.23. The summed E-state index contributed by atoms with van der Waals surface area (Å²) < 4.78 is 0. The lowest BCUT2D eigenvalue weighted by Gasteiger charge is -2.16. The SMILES string of the molecule is N#CC1CCCc2c1[nH]c1ccc(Cl)cc21. The zero-order valence-corrected chi connectivity index (χ0v) is 9.51. The van der Waals surface area contributed by atoms with Gasteiger partial charge in [0.05, 0.1) is 12.0 Å². The number of benzene rings is 1. The summed E-state index contributed by atoms with van der Waals surface area (Å²) in [4.78, 5) is 3.36. The molecule has 3 heteroatoms. The molecule has 3 rings (SSSR count). The monoisotopic (exact) mass is 230 g/mol. The van der Waals surface area contributed by atoms with Gasteiger partial charge in [-0.15, -0.1) is 0 Å². The molecule has 1 unspecified atom stereocenters. The molecule has 1 N–H and O–H groups in total. The second-order valence-electron chi connectivity index (χ2n) is 4.28. The van der Waals surface area contributed by atoms with Gasteiger partial charge < -0.3 is 4.98 Å². The standard InChI is InChI=1S/C13H11ClN2/c14-9-4-5-12-11(6-9)10-3-1-2-8(7-15)13(10)16-12/h4-6,8,16H,1-3H2. The number of fused-ring (bicyclic) bond motifs is 3. The van der Waals surface area contributed by atoms with Gasteiger partial charge in [0.15, 0.2) is 0 Å². The molecular formula is C13H11ClN2. The van der Waals surface area contributed by atoms with Crippen molar-refractivity contribution < 1.29 is 0 Å². The van der Waals surface area contributed by atoms with E-state index in [9.17, 15) is 0 Å². The first-order valence-electron chi connectivity index (χ1n) is 5.49. The third kappa shape index (κ3) is 1.32. The van der Waals surface area contributed by atoms with E-state index in [1.165, 1.54) is 10.9 Å². The summed E-state index contributed by atoms with van der Waals surface area (Å²) in [7, 11) is 0. The van der Waals surface area contributed by atoms with E-state index >= 15 is 0 Å². The minimum Gasteiger partial charge on any atom is -0.357 e. The van der Waals surface area contributed by atoms with Gasteiger partial charge in [-0.2, -0.15) is 5.26 Å². The summed E-state index contributed by atoms with van der Waals surface area (Å²) in [5.74, 6) is 0.0231. The Morgan fingerprint density at radius 1 is 1.44 bits per heavy atom. The highest BCUT2D eigenvalue weighted by Crippen LogP contribution is 2.36. The van der Waals surface area contributed by atoms with E-state index in [1.54, 1.807) is 0 Å². The quantitative estimate of drug-likeness (QED) is 0.735. The zero-order chi connectivity index (χ0) is 11.1. The number of aryl methyl sites for hydroxylation is 1. The maximum absolute atomic E-state index is 9.12. The van der Waals surface area contributed by atoms with Crippen LogP contribution < -0.4 is 0 Å². The highest BCUT2D eigenvalue weighted by molar-refractivity contribution is 6.31. The smallest absolute Gasteiger partial charge is 0.0865 e. The number of aromatic nitrogens is 1. The fourth-order valence-corrected chi connectivity index (χ4v) is 2.74. The molecule has 0 saturated carbocycles. The fraction of sp³-hybridized carbons (Fsp3) is 0.308. The second-order valence-corrected chi connectivity index (χ2v) is 4.72. The molecule has 0 bridgehead atoms. The predicted octanol–water partition coefficient (Wildman–Crippen LogP) is 3.76. The average Bonchev–Trinajstić information content (AvgIpc) is 2.67. The molecule has 2 nitrogen and oxygen atoms in total. The number of nitrogens with one attached hydrogen (secondary N) is 1. The van der Waals surface area contributed by atoms with E-state index < -0.39 is 0 Å². The van der Waals surface area contributed by atoms with Crippen molar-refractivity contribution in [2.75, 3.05) is 0 Å². The topological polar surface area (TPSA) is 39.6 Å². The van der Waals surface area contributed by atoms with E-state index in [0.29, 0.717) is 0 Å². The van der Waals surface area contributed by atoms with Crippen molar-refractivity contribution in [1.82, 2.24) is 4.98 Å². The zero-order valence-electron chi connectivity index (χ0n) is 8.76. The van der Waals surface area contributed by atoms with Gasteiger partial charge in [-0.05, 0) is 43.0 Å². The van der Waals surface area contributed by atoms with Crippen LogP contribution in [-0.4, -0.2) is 4.98 Å². The summed E-state index contributed by atoms with van der Waals surface area (Å²) in [6.45, 7) is 0. The van der Waals surface area contributed by atoms with Crippen LogP contribution in [-0.2, 0) is 6.42 Å². The van der Waals surface area contributed by atoms with E-state index in [4.69, 9.17) is 16.9 Å². The van der Waals surface area contributed by atoms with E-state index in [-0.39, 0.29) is 5.92 Å². The summed E-state index contributed by atoms with van der Waals surface area (Å²) in [6.07, 6.45) is 3.10. The van der Waals surface area contributed by atoms with E-state index in [0.717, 1.165) is 35.5 Å². The Hall–Kier alpha value is -1.46. The number of halogens is 1. The molecule has 16 heavy (non-hydrogen) atoms. The minimum absolute atomic E-state index is 0.0231. The van der Waals surface area contributed by atoms with Gasteiger partial charge in [-0.1, -0.05) is 11.6 Å². The molecule has 1 aliphatic rings. The Labute approximate surface area is 98.8 Å². The van der Waals surface area contributed by atoms with Crippen molar-refractivity contribution in [2.24, 2.45) is 0 Å². The minimum atomic E-state index is 0.0231.